The SMILES string of the molecule is Cc1c(C)c2c(c(C)c1O)CC[C@@](C)(C(=O)OC1C(=O)C(=O)O[C@@H]1[C@@H](O)CO)O2. The molecule has 0 aromatic heterocycles. The van der Waals surface area contributed by atoms with E-state index in [0.717, 1.165) is 5.56 Å². The summed E-state index contributed by atoms with van der Waals surface area (Å²) in [7, 11) is 0. The van der Waals surface area contributed by atoms with Gasteiger partial charge in [0.15, 0.2) is 6.10 Å². The van der Waals surface area contributed by atoms with Crippen molar-refractivity contribution >= 4 is 17.7 Å². The molecule has 0 amide bonds. The zero-order valence-electron chi connectivity index (χ0n) is 16.6. The minimum atomic E-state index is -1.66. The van der Waals surface area contributed by atoms with Crippen LogP contribution >= 0.6 is 0 Å². The van der Waals surface area contributed by atoms with Crippen molar-refractivity contribution in [1.82, 2.24) is 0 Å². The molecule has 0 spiro atoms. The van der Waals surface area contributed by atoms with Gasteiger partial charge in [0.2, 0.25) is 11.7 Å². The Labute approximate surface area is 167 Å². The largest absolute Gasteiger partial charge is 0.507 e. The van der Waals surface area contributed by atoms with Gasteiger partial charge in [0.05, 0.1) is 6.61 Å². The van der Waals surface area contributed by atoms with Crippen LogP contribution < -0.4 is 4.74 Å². The fraction of sp³-hybridized carbons (Fsp3) is 0.550. The molecule has 9 nitrogen and oxygen atoms in total. The van der Waals surface area contributed by atoms with E-state index >= 15 is 0 Å². The molecular weight excluding hydrogens is 384 g/mol. The highest BCUT2D eigenvalue weighted by molar-refractivity contribution is 6.37. The predicted molar refractivity (Wildman–Crippen MR) is 97.5 cm³/mol. The highest BCUT2D eigenvalue weighted by Gasteiger charge is 2.52. The van der Waals surface area contributed by atoms with Gasteiger partial charge in [-0.25, -0.2) is 9.59 Å². The molecule has 0 radical (unpaired) electrons. The number of aliphatic hydroxyl groups is 2. The van der Waals surface area contributed by atoms with Gasteiger partial charge >= 0.3 is 11.9 Å². The first-order chi connectivity index (χ1) is 13.5. The van der Waals surface area contributed by atoms with Gasteiger partial charge < -0.3 is 29.5 Å². The van der Waals surface area contributed by atoms with E-state index in [1.807, 2.05) is 0 Å². The molecule has 1 aromatic rings. The number of cyclic esters (lactones) is 1. The van der Waals surface area contributed by atoms with Gasteiger partial charge in [-0.05, 0) is 50.8 Å². The van der Waals surface area contributed by atoms with E-state index in [9.17, 15) is 24.6 Å². The minimum absolute atomic E-state index is 0.184. The van der Waals surface area contributed by atoms with Crippen molar-refractivity contribution in [3.63, 3.8) is 0 Å². The normalized spacial score (nSPS) is 27.1. The predicted octanol–water partition coefficient (Wildman–Crippen LogP) is 0.161. The number of carbonyl (C=O) groups excluding carboxylic acids is 3. The number of esters is 2. The second-order valence-corrected chi connectivity index (χ2v) is 7.67. The summed E-state index contributed by atoms with van der Waals surface area (Å²) < 4.78 is 16.0. The molecule has 1 aromatic carbocycles. The number of hydrogen-bond donors (Lipinski definition) is 3. The van der Waals surface area contributed by atoms with E-state index < -0.39 is 48.2 Å². The molecule has 1 unspecified atom stereocenters. The molecule has 2 heterocycles. The average molecular weight is 408 g/mol. The van der Waals surface area contributed by atoms with Crippen LogP contribution in [0.25, 0.3) is 0 Å². The molecule has 0 bridgehead atoms. The Morgan fingerprint density at radius 3 is 2.52 bits per heavy atom. The number of aliphatic hydroxyl groups excluding tert-OH is 2. The third-order valence-electron chi connectivity index (χ3n) is 5.75. The number of phenols is 1. The number of Topliss-reactive ketones (excluding diaryl/α,β-unsaturated/α-hetero) is 1. The van der Waals surface area contributed by atoms with Crippen molar-refractivity contribution < 1.29 is 43.9 Å². The average Bonchev–Trinajstić information content (AvgIpc) is 2.98. The van der Waals surface area contributed by atoms with Crippen molar-refractivity contribution in [3.8, 4) is 11.5 Å². The van der Waals surface area contributed by atoms with E-state index in [4.69, 9.17) is 19.3 Å². The van der Waals surface area contributed by atoms with Gasteiger partial charge in [0.25, 0.3) is 5.78 Å². The van der Waals surface area contributed by atoms with E-state index in [1.165, 1.54) is 6.92 Å². The molecule has 3 rings (SSSR count). The van der Waals surface area contributed by atoms with Gasteiger partial charge in [-0.15, -0.1) is 0 Å². The number of phenolic OH excluding ortho intramolecular Hbond substituents is 1. The molecule has 29 heavy (non-hydrogen) atoms. The zero-order chi connectivity index (χ0) is 21.7. The summed E-state index contributed by atoms with van der Waals surface area (Å²) in [4.78, 5) is 36.5. The van der Waals surface area contributed by atoms with Crippen molar-refractivity contribution in [2.75, 3.05) is 6.61 Å². The summed E-state index contributed by atoms with van der Waals surface area (Å²) in [6, 6.07) is 0. The maximum atomic E-state index is 12.9. The summed E-state index contributed by atoms with van der Waals surface area (Å²) in [5.41, 5.74) is 1.34. The maximum Gasteiger partial charge on any atom is 0.379 e. The van der Waals surface area contributed by atoms with Gasteiger partial charge in [-0.2, -0.15) is 0 Å². The lowest BCUT2D eigenvalue weighted by atomic mass is 9.87. The number of ether oxygens (including phenoxy) is 3. The quantitative estimate of drug-likeness (QED) is 0.469. The Morgan fingerprint density at radius 1 is 1.24 bits per heavy atom. The highest BCUT2D eigenvalue weighted by Crippen LogP contribution is 2.43. The summed E-state index contributed by atoms with van der Waals surface area (Å²) in [5, 5.41) is 29.1. The number of fused-ring (bicyclic) bond motifs is 1. The number of ketones is 1. The molecule has 4 atom stereocenters. The zero-order valence-corrected chi connectivity index (χ0v) is 16.6. The van der Waals surface area contributed by atoms with Crippen molar-refractivity contribution in [3.05, 3.63) is 22.3 Å². The second-order valence-electron chi connectivity index (χ2n) is 7.67. The van der Waals surface area contributed by atoms with E-state index in [2.05, 4.69) is 0 Å². The topological polar surface area (TPSA) is 140 Å². The van der Waals surface area contributed by atoms with Gasteiger partial charge in [-0.3, -0.25) is 4.79 Å². The lowest BCUT2D eigenvalue weighted by Gasteiger charge is -2.36. The van der Waals surface area contributed by atoms with Crippen LogP contribution in [0.2, 0.25) is 0 Å². The fourth-order valence-electron chi connectivity index (χ4n) is 3.64. The molecule has 3 N–H and O–H groups in total. The third-order valence-corrected chi connectivity index (χ3v) is 5.75. The monoisotopic (exact) mass is 408 g/mol. The van der Waals surface area contributed by atoms with Crippen LogP contribution in [0.5, 0.6) is 11.5 Å². The summed E-state index contributed by atoms with van der Waals surface area (Å²) in [5.74, 6) is -2.58. The van der Waals surface area contributed by atoms with Gasteiger partial charge in [-0.1, -0.05) is 0 Å². The second kappa shape index (κ2) is 7.31. The molecule has 2 aliphatic heterocycles. The van der Waals surface area contributed by atoms with Crippen molar-refractivity contribution in [2.24, 2.45) is 0 Å². The van der Waals surface area contributed by atoms with Crippen LogP contribution in [0.3, 0.4) is 0 Å². The number of carbonyl (C=O) groups is 3. The summed E-state index contributed by atoms with van der Waals surface area (Å²) in [6.45, 7) is 6.01. The van der Waals surface area contributed by atoms with Crippen LogP contribution in [0.4, 0.5) is 0 Å². The Morgan fingerprint density at radius 2 is 1.90 bits per heavy atom. The maximum absolute atomic E-state index is 12.9. The number of benzene rings is 1. The van der Waals surface area contributed by atoms with Crippen LogP contribution in [-0.2, 0) is 30.3 Å². The first-order valence-electron chi connectivity index (χ1n) is 9.27. The molecule has 1 saturated heterocycles. The van der Waals surface area contributed by atoms with E-state index in [-0.39, 0.29) is 12.2 Å². The lowest BCUT2D eigenvalue weighted by Crippen LogP contribution is -2.50. The Balaban J connectivity index is 1.87. The molecular formula is C20H24O9. The number of rotatable bonds is 4. The molecule has 0 aliphatic carbocycles. The summed E-state index contributed by atoms with van der Waals surface area (Å²) >= 11 is 0. The van der Waals surface area contributed by atoms with Crippen molar-refractivity contribution in [1.29, 1.82) is 0 Å². The minimum Gasteiger partial charge on any atom is -0.507 e. The van der Waals surface area contributed by atoms with Crippen molar-refractivity contribution in [2.45, 2.75) is 64.4 Å². The standard InChI is InChI=1S/C20H24O9/c1-8-9(2)15-11(10(3)13(8)23)5-6-20(4,29-15)19(26)28-17-14(24)18(25)27-16(17)12(22)7-21/h12,16-17,21-23H,5-7H2,1-4H3/t12-,16+,17?,20-/m0/s1. The van der Waals surface area contributed by atoms with Crippen LogP contribution in [0.1, 0.15) is 35.6 Å². The molecule has 0 saturated carbocycles. The van der Waals surface area contributed by atoms with E-state index in [1.54, 1.807) is 20.8 Å². The van der Waals surface area contributed by atoms with Crippen LogP contribution in [0, 0.1) is 20.8 Å². The number of hydrogen-bond acceptors (Lipinski definition) is 9. The van der Waals surface area contributed by atoms with E-state index in [0.29, 0.717) is 28.9 Å². The van der Waals surface area contributed by atoms with Crippen LogP contribution in [-0.4, -0.2) is 63.6 Å². The highest BCUT2D eigenvalue weighted by atomic mass is 16.6. The Kier molecular flexibility index (Phi) is 5.31. The third kappa shape index (κ3) is 3.34. The number of aromatic hydroxyl groups is 1. The van der Waals surface area contributed by atoms with Gasteiger partial charge in [0.1, 0.15) is 17.6 Å². The Hall–Kier alpha value is -2.65. The first-order valence-corrected chi connectivity index (χ1v) is 9.27. The molecule has 2 aliphatic rings. The molecule has 9 heteroatoms. The Bertz CT molecular complexity index is 891. The smallest absolute Gasteiger partial charge is 0.379 e. The van der Waals surface area contributed by atoms with Gasteiger partial charge in [0, 0.05) is 12.0 Å². The molecule has 158 valence electrons. The van der Waals surface area contributed by atoms with Crippen LogP contribution in [0.15, 0.2) is 0 Å². The lowest BCUT2D eigenvalue weighted by molar-refractivity contribution is -0.176. The fourth-order valence-corrected chi connectivity index (χ4v) is 3.64. The first kappa shape index (κ1) is 21.1. The molecule has 1 fully saturated rings. The summed E-state index contributed by atoms with van der Waals surface area (Å²) in [6.07, 6.45) is -4.07.